The highest BCUT2D eigenvalue weighted by Gasteiger charge is 2.07. The first-order chi connectivity index (χ1) is 6.70. The molecule has 0 bridgehead atoms. The molecule has 0 rings (SSSR count). The number of ether oxygens (including phenoxy) is 1. The second-order valence-electron chi connectivity index (χ2n) is 3.05. The van der Waals surface area contributed by atoms with Crippen molar-refractivity contribution in [2.24, 2.45) is 0 Å². The average Bonchev–Trinajstić information content (AvgIpc) is 2.13. The van der Waals surface area contributed by atoms with Crippen molar-refractivity contribution in [2.75, 3.05) is 5.33 Å². The summed E-state index contributed by atoms with van der Waals surface area (Å²) in [6.07, 6.45) is 4.00. The Balaban J connectivity index is 3.90. The topological polar surface area (TPSA) is 26.3 Å². The van der Waals surface area contributed by atoms with Crippen molar-refractivity contribution in [2.45, 2.75) is 45.6 Å². The number of alkyl halides is 1. The summed E-state index contributed by atoms with van der Waals surface area (Å²) in [6.45, 7) is 3.56. The fourth-order valence-electron chi connectivity index (χ4n) is 1.09. The molecule has 3 heteroatoms. The van der Waals surface area contributed by atoms with Gasteiger partial charge in [-0.1, -0.05) is 47.5 Å². The maximum absolute atomic E-state index is 10.7. The van der Waals surface area contributed by atoms with E-state index in [1.54, 1.807) is 0 Å². The smallest absolute Gasteiger partial charge is 0.303 e. The van der Waals surface area contributed by atoms with E-state index in [2.05, 4.69) is 34.7 Å². The van der Waals surface area contributed by atoms with Gasteiger partial charge in [0, 0.05) is 6.92 Å². The monoisotopic (exact) mass is 260 g/mol. The Morgan fingerprint density at radius 2 is 2.21 bits per heavy atom. The number of hydrogen-bond acceptors (Lipinski definition) is 2. The van der Waals surface area contributed by atoms with E-state index in [1.807, 2.05) is 0 Å². The number of rotatable bonds is 5. The molecule has 0 saturated heterocycles. The summed E-state index contributed by atoms with van der Waals surface area (Å²) in [5.41, 5.74) is 0. The number of esters is 1. The largest absolute Gasteiger partial charge is 0.449 e. The van der Waals surface area contributed by atoms with Gasteiger partial charge in [-0.15, -0.1) is 0 Å². The van der Waals surface area contributed by atoms with Gasteiger partial charge < -0.3 is 4.74 Å². The van der Waals surface area contributed by atoms with Crippen LogP contribution in [0.4, 0.5) is 0 Å². The minimum atomic E-state index is -0.254. The zero-order valence-electron chi connectivity index (χ0n) is 8.81. The molecule has 0 heterocycles. The van der Waals surface area contributed by atoms with Gasteiger partial charge in [0.2, 0.25) is 0 Å². The number of halogens is 1. The van der Waals surface area contributed by atoms with Gasteiger partial charge in [0.1, 0.15) is 0 Å². The summed E-state index contributed by atoms with van der Waals surface area (Å²) in [4.78, 5) is 10.7. The summed E-state index contributed by atoms with van der Waals surface area (Å²) in [7, 11) is 0. The Hall–Kier alpha value is -0.490. The molecular weight excluding hydrogens is 244 g/mol. The van der Waals surface area contributed by atoms with Crippen LogP contribution in [0.3, 0.4) is 0 Å². The number of unbranched alkanes of at least 4 members (excludes halogenated alkanes) is 2. The summed E-state index contributed by atoms with van der Waals surface area (Å²) in [5.74, 6) is 5.54. The standard InChI is InChI=1S/C11H17BrO2/c1-3-4-5-7-11(8-6-9-12)14-10(2)13/h11H,3-5,7,9H2,1-2H3/t11-/m1/s1. The van der Waals surface area contributed by atoms with E-state index in [0.717, 1.165) is 19.3 Å². The fourth-order valence-corrected chi connectivity index (χ4v) is 1.25. The predicted octanol–water partition coefficient (Wildman–Crippen LogP) is 2.90. The Morgan fingerprint density at radius 3 is 2.71 bits per heavy atom. The van der Waals surface area contributed by atoms with E-state index in [0.29, 0.717) is 5.33 Å². The summed E-state index contributed by atoms with van der Waals surface area (Å²) in [6, 6.07) is 0. The molecule has 0 aliphatic carbocycles. The lowest BCUT2D eigenvalue weighted by molar-refractivity contribution is -0.144. The third kappa shape index (κ3) is 8.12. The molecule has 0 saturated carbocycles. The molecular formula is C11H17BrO2. The maximum Gasteiger partial charge on any atom is 0.303 e. The van der Waals surface area contributed by atoms with E-state index in [4.69, 9.17) is 4.74 Å². The minimum absolute atomic E-state index is 0.225. The van der Waals surface area contributed by atoms with Crippen LogP contribution in [0.5, 0.6) is 0 Å². The van der Waals surface area contributed by atoms with Crippen LogP contribution in [-0.2, 0) is 9.53 Å². The van der Waals surface area contributed by atoms with Crippen LogP contribution < -0.4 is 0 Å². The SMILES string of the molecule is CCCCC[C@H](C#CCBr)OC(C)=O. The maximum atomic E-state index is 10.7. The van der Waals surface area contributed by atoms with Crippen molar-refractivity contribution in [1.29, 1.82) is 0 Å². The summed E-state index contributed by atoms with van der Waals surface area (Å²) >= 11 is 3.21. The van der Waals surface area contributed by atoms with E-state index in [-0.39, 0.29) is 12.1 Å². The van der Waals surface area contributed by atoms with Crippen LogP contribution >= 0.6 is 15.9 Å². The second-order valence-corrected chi connectivity index (χ2v) is 3.61. The van der Waals surface area contributed by atoms with Crippen molar-refractivity contribution in [3.63, 3.8) is 0 Å². The van der Waals surface area contributed by atoms with Crippen LogP contribution in [0.1, 0.15) is 39.5 Å². The first-order valence-electron chi connectivity index (χ1n) is 4.92. The van der Waals surface area contributed by atoms with Gasteiger partial charge in [-0.25, -0.2) is 0 Å². The van der Waals surface area contributed by atoms with E-state index < -0.39 is 0 Å². The Bertz CT molecular complexity index is 215. The quantitative estimate of drug-likeness (QED) is 0.329. The van der Waals surface area contributed by atoms with Gasteiger partial charge >= 0.3 is 5.97 Å². The van der Waals surface area contributed by atoms with Gasteiger partial charge in [0.15, 0.2) is 6.10 Å². The lowest BCUT2D eigenvalue weighted by Crippen LogP contribution is -2.14. The Labute approximate surface area is 94.5 Å². The number of carbonyl (C=O) groups excluding carboxylic acids is 1. The molecule has 2 nitrogen and oxygen atoms in total. The van der Waals surface area contributed by atoms with Crippen LogP contribution in [-0.4, -0.2) is 17.4 Å². The van der Waals surface area contributed by atoms with Crippen molar-refractivity contribution < 1.29 is 9.53 Å². The van der Waals surface area contributed by atoms with Crippen LogP contribution in [0.15, 0.2) is 0 Å². The Kier molecular flexibility index (Phi) is 8.76. The van der Waals surface area contributed by atoms with Crippen LogP contribution in [0.2, 0.25) is 0 Å². The molecule has 0 amide bonds. The first kappa shape index (κ1) is 13.5. The molecule has 0 spiro atoms. The molecule has 0 aromatic heterocycles. The lowest BCUT2D eigenvalue weighted by atomic mass is 10.1. The highest BCUT2D eigenvalue weighted by atomic mass is 79.9. The van der Waals surface area contributed by atoms with Gasteiger partial charge in [-0.2, -0.15) is 0 Å². The number of carbonyl (C=O) groups is 1. The molecule has 0 radical (unpaired) electrons. The van der Waals surface area contributed by atoms with Gasteiger partial charge in [-0.05, 0) is 12.8 Å². The van der Waals surface area contributed by atoms with Crippen molar-refractivity contribution in [3.05, 3.63) is 0 Å². The molecule has 0 aromatic rings. The Morgan fingerprint density at radius 1 is 1.50 bits per heavy atom. The first-order valence-corrected chi connectivity index (χ1v) is 6.04. The van der Waals surface area contributed by atoms with Crippen LogP contribution in [0, 0.1) is 11.8 Å². The third-order valence-electron chi connectivity index (χ3n) is 1.71. The van der Waals surface area contributed by atoms with Crippen molar-refractivity contribution >= 4 is 21.9 Å². The molecule has 0 aliphatic heterocycles. The zero-order valence-corrected chi connectivity index (χ0v) is 10.4. The van der Waals surface area contributed by atoms with E-state index in [1.165, 1.54) is 13.3 Å². The zero-order chi connectivity index (χ0) is 10.8. The predicted molar refractivity (Wildman–Crippen MR) is 61.3 cm³/mol. The molecule has 0 unspecified atom stereocenters. The summed E-state index contributed by atoms with van der Waals surface area (Å²) < 4.78 is 5.07. The third-order valence-corrected chi connectivity index (χ3v) is 1.99. The normalized spacial score (nSPS) is 11.4. The van der Waals surface area contributed by atoms with Gasteiger partial charge in [0.25, 0.3) is 0 Å². The van der Waals surface area contributed by atoms with E-state index in [9.17, 15) is 4.79 Å². The molecule has 0 aliphatic rings. The molecule has 80 valence electrons. The molecule has 0 N–H and O–H groups in total. The fraction of sp³-hybridized carbons (Fsp3) is 0.727. The molecule has 0 aromatic carbocycles. The molecule has 0 fully saturated rings. The minimum Gasteiger partial charge on any atom is -0.449 e. The van der Waals surface area contributed by atoms with Gasteiger partial charge in [0.05, 0.1) is 5.33 Å². The van der Waals surface area contributed by atoms with Crippen molar-refractivity contribution in [1.82, 2.24) is 0 Å². The molecule has 1 atom stereocenters. The van der Waals surface area contributed by atoms with E-state index >= 15 is 0 Å². The lowest BCUT2D eigenvalue weighted by Gasteiger charge is -2.10. The molecule has 14 heavy (non-hydrogen) atoms. The highest BCUT2D eigenvalue weighted by Crippen LogP contribution is 2.06. The average molecular weight is 261 g/mol. The second kappa shape index (κ2) is 9.08. The van der Waals surface area contributed by atoms with Crippen LogP contribution in [0.25, 0.3) is 0 Å². The number of hydrogen-bond donors (Lipinski definition) is 0. The van der Waals surface area contributed by atoms with Crippen molar-refractivity contribution in [3.8, 4) is 11.8 Å². The van der Waals surface area contributed by atoms with Gasteiger partial charge in [-0.3, -0.25) is 4.79 Å². The summed E-state index contributed by atoms with van der Waals surface area (Å²) in [5, 5.41) is 0.624. The highest BCUT2D eigenvalue weighted by molar-refractivity contribution is 9.09.